The summed E-state index contributed by atoms with van der Waals surface area (Å²) in [6.45, 7) is 3.33. The van der Waals surface area contributed by atoms with Gasteiger partial charge in [-0.1, -0.05) is 19.8 Å². The maximum absolute atomic E-state index is 12.1. The molecule has 1 aromatic rings. The highest BCUT2D eigenvalue weighted by atomic mass is 32.2. The Kier molecular flexibility index (Phi) is 5.65. The van der Waals surface area contributed by atoms with Crippen LogP contribution in [0.2, 0.25) is 0 Å². The Morgan fingerprint density at radius 2 is 1.81 bits per heavy atom. The van der Waals surface area contributed by atoms with Gasteiger partial charge in [0.1, 0.15) is 0 Å². The van der Waals surface area contributed by atoms with Gasteiger partial charge in [-0.15, -0.1) is 0 Å². The molecule has 2 rings (SSSR count). The summed E-state index contributed by atoms with van der Waals surface area (Å²) < 4.78 is 24.1. The first-order valence-electron chi connectivity index (χ1n) is 7.88. The molecule has 118 valence electrons. The van der Waals surface area contributed by atoms with E-state index >= 15 is 0 Å². The molecule has 2 N–H and O–H groups in total. The smallest absolute Gasteiger partial charge is 0.178 e. The summed E-state index contributed by atoms with van der Waals surface area (Å²) in [5, 5.41) is 0. The normalized spacial score (nSPS) is 16.3. The third-order valence-electron chi connectivity index (χ3n) is 4.14. The molecule has 5 heteroatoms. The molecule has 0 aliphatic heterocycles. The Labute approximate surface area is 128 Å². The van der Waals surface area contributed by atoms with Crippen molar-refractivity contribution in [2.45, 2.75) is 50.0 Å². The molecule has 1 aliphatic rings. The predicted molar refractivity (Wildman–Crippen MR) is 87.4 cm³/mol. The lowest BCUT2D eigenvalue weighted by Gasteiger charge is -2.31. The maximum Gasteiger partial charge on any atom is 0.178 e. The van der Waals surface area contributed by atoms with Crippen molar-refractivity contribution in [2.24, 2.45) is 5.73 Å². The van der Waals surface area contributed by atoms with E-state index in [1.54, 1.807) is 12.1 Å². The van der Waals surface area contributed by atoms with Gasteiger partial charge in [-0.05, 0) is 43.5 Å². The van der Waals surface area contributed by atoms with Gasteiger partial charge in [-0.2, -0.15) is 0 Å². The summed E-state index contributed by atoms with van der Waals surface area (Å²) in [6.07, 6.45) is 5.60. The molecule has 4 nitrogen and oxygen atoms in total. The second kappa shape index (κ2) is 7.27. The largest absolute Gasteiger partial charge is 0.367 e. The van der Waals surface area contributed by atoms with Crippen molar-refractivity contribution in [1.82, 2.24) is 0 Å². The lowest BCUT2D eigenvalue weighted by molar-refractivity contribution is 0.594. The van der Waals surface area contributed by atoms with Crippen LogP contribution < -0.4 is 10.6 Å². The minimum Gasteiger partial charge on any atom is -0.367 e. The summed E-state index contributed by atoms with van der Waals surface area (Å²) in [5.74, 6) is 0.210. The molecule has 0 unspecified atom stereocenters. The molecule has 1 fully saturated rings. The minimum absolute atomic E-state index is 0.210. The first-order chi connectivity index (χ1) is 10.1. The van der Waals surface area contributed by atoms with Crippen molar-refractivity contribution in [2.75, 3.05) is 23.7 Å². The molecule has 0 spiro atoms. The average molecular weight is 310 g/mol. The molecule has 0 atom stereocenters. The minimum atomic E-state index is -3.13. The van der Waals surface area contributed by atoms with E-state index in [-0.39, 0.29) is 5.75 Å². The summed E-state index contributed by atoms with van der Waals surface area (Å²) in [6, 6.07) is 7.87. The molecule has 21 heavy (non-hydrogen) atoms. The highest BCUT2D eigenvalue weighted by Crippen LogP contribution is 2.28. The standard InChI is InChI=1S/C16H26N2O2S/c1-2-13-21(19,20)16-9-7-15(8-10-16)18(12-11-17)14-5-3-4-6-14/h7-10,14H,2-6,11-13,17H2,1H3. The van der Waals surface area contributed by atoms with Crippen LogP contribution in [0.25, 0.3) is 0 Å². The molecule has 1 aromatic carbocycles. The van der Waals surface area contributed by atoms with E-state index in [1.165, 1.54) is 25.7 Å². The van der Waals surface area contributed by atoms with Crippen LogP contribution in [-0.4, -0.2) is 33.3 Å². The quantitative estimate of drug-likeness (QED) is 0.841. The third-order valence-corrected chi connectivity index (χ3v) is 6.07. The van der Waals surface area contributed by atoms with Gasteiger partial charge in [0.05, 0.1) is 10.6 Å². The molecule has 0 aromatic heterocycles. The lowest BCUT2D eigenvalue weighted by atomic mass is 10.1. The third kappa shape index (κ3) is 3.98. The Balaban J connectivity index is 2.19. The second-order valence-electron chi connectivity index (χ2n) is 5.73. The second-order valence-corrected chi connectivity index (χ2v) is 7.84. The van der Waals surface area contributed by atoms with E-state index in [9.17, 15) is 8.42 Å². The summed E-state index contributed by atoms with van der Waals surface area (Å²) in [5.41, 5.74) is 6.82. The molecule has 1 aliphatic carbocycles. The van der Waals surface area contributed by atoms with Gasteiger partial charge in [0.15, 0.2) is 9.84 Å². The van der Waals surface area contributed by atoms with Gasteiger partial charge in [0.2, 0.25) is 0 Å². The first kappa shape index (κ1) is 16.3. The molecular formula is C16H26N2O2S. The summed E-state index contributed by atoms with van der Waals surface area (Å²) >= 11 is 0. The van der Waals surface area contributed by atoms with Crippen molar-refractivity contribution in [3.63, 3.8) is 0 Å². The van der Waals surface area contributed by atoms with Crippen molar-refractivity contribution in [3.05, 3.63) is 24.3 Å². The first-order valence-corrected chi connectivity index (χ1v) is 9.53. The highest BCUT2D eigenvalue weighted by Gasteiger charge is 2.22. The Morgan fingerprint density at radius 1 is 1.19 bits per heavy atom. The van der Waals surface area contributed by atoms with E-state index in [0.29, 0.717) is 23.9 Å². The van der Waals surface area contributed by atoms with E-state index in [2.05, 4.69) is 4.90 Å². The van der Waals surface area contributed by atoms with E-state index < -0.39 is 9.84 Å². The number of sulfone groups is 1. The van der Waals surface area contributed by atoms with E-state index in [0.717, 1.165) is 12.2 Å². The number of hydrogen-bond acceptors (Lipinski definition) is 4. The number of nitrogens with zero attached hydrogens (tertiary/aromatic N) is 1. The van der Waals surface area contributed by atoms with Gasteiger partial charge in [0, 0.05) is 24.8 Å². The van der Waals surface area contributed by atoms with Crippen LogP contribution in [0, 0.1) is 0 Å². The average Bonchev–Trinajstić information content (AvgIpc) is 2.99. The molecule has 1 saturated carbocycles. The fraction of sp³-hybridized carbons (Fsp3) is 0.625. The van der Waals surface area contributed by atoms with Crippen LogP contribution in [-0.2, 0) is 9.84 Å². The number of hydrogen-bond donors (Lipinski definition) is 1. The lowest BCUT2D eigenvalue weighted by Crippen LogP contribution is -2.37. The van der Waals surface area contributed by atoms with Gasteiger partial charge in [-0.25, -0.2) is 8.42 Å². The zero-order valence-electron chi connectivity index (χ0n) is 12.8. The topological polar surface area (TPSA) is 63.4 Å². The highest BCUT2D eigenvalue weighted by molar-refractivity contribution is 7.91. The van der Waals surface area contributed by atoms with Gasteiger partial charge < -0.3 is 10.6 Å². The van der Waals surface area contributed by atoms with E-state index in [1.807, 2.05) is 19.1 Å². The molecule has 0 saturated heterocycles. The van der Waals surface area contributed by atoms with Crippen molar-refractivity contribution < 1.29 is 8.42 Å². The molecular weight excluding hydrogens is 284 g/mol. The number of nitrogens with two attached hydrogens (primary N) is 1. The SMILES string of the molecule is CCCS(=O)(=O)c1ccc(N(CCN)C2CCCC2)cc1. The molecule has 0 bridgehead atoms. The van der Waals surface area contributed by atoms with E-state index in [4.69, 9.17) is 5.73 Å². The van der Waals surface area contributed by atoms with Crippen LogP contribution in [0.1, 0.15) is 39.0 Å². The summed E-state index contributed by atoms with van der Waals surface area (Å²) in [7, 11) is -3.13. The maximum atomic E-state index is 12.1. The van der Waals surface area contributed by atoms with Gasteiger partial charge in [-0.3, -0.25) is 0 Å². The van der Waals surface area contributed by atoms with Crippen molar-refractivity contribution in [3.8, 4) is 0 Å². The van der Waals surface area contributed by atoms with Crippen molar-refractivity contribution in [1.29, 1.82) is 0 Å². The van der Waals surface area contributed by atoms with Crippen LogP contribution in [0.4, 0.5) is 5.69 Å². The zero-order valence-corrected chi connectivity index (χ0v) is 13.6. The van der Waals surface area contributed by atoms with Gasteiger partial charge in [0.25, 0.3) is 0 Å². The van der Waals surface area contributed by atoms with Crippen LogP contribution >= 0.6 is 0 Å². The fourth-order valence-electron chi connectivity index (χ4n) is 3.11. The molecule has 0 heterocycles. The van der Waals surface area contributed by atoms with Gasteiger partial charge >= 0.3 is 0 Å². The number of benzene rings is 1. The Hall–Kier alpha value is -1.07. The zero-order chi connectivity index (χ0) is 15.3. The molecule has 0 radical (unpaired) electrons. The van der Waals surface area contributed by atoms with Crippen LogP contribution in [0.5, 0.6) is 0 Å². The van der Waals surface area contributed by atoms with Crippen molar-refractivity contribution >= 4 is 15.5 Å². The number of anilines is 1. The number of rotatable bonds is 7. The fourth-order valence-corrected chi connectivity index (χ4v) is 4.43. The molecule has 0 amide bonds. The van der Waals surface area contributed by atoms with Crippen LogP contribution in [0.15, 0.2) is 29.2 Å². The monoisotopic (exact) mass is 310 g/mol. The summed E-state index contributed by atoms with van der Waals surface area (Å²) in [4.78, 5) is 2.76. The Morgan fingerprint density at radius 3 is 2.33 bits per heavy atom. The Bertz CT molecular complexity index is 534. The van der Waals surface area contributed by atoms with Crippen LogP contribution in [0.3, 0.4) is 0 Å². The predicted octanol–water partition coefficient (Wildman–Crippen LogP) is 2.58.